The van der Waals surface area contributed by atoms with Crippen LogP contribution >= 0.6 is 11.6 Å². The molecule has 28 heavy (non-hydrogen) atoms. The standard InChI is InChI=1S/C17H16ClN3O7/c1-27-15-7-10(14(21(25)26)9-16(15)28-2)5-6-19-17(22)12-4-3-11(20(23)24)8-13(12)18/h3-4,7-9H,5-6H2,1-2H3,(H,19,22). The molecule has 148 valence electrons. The van der Waals surface area contributed by atoms with Crippen molar-refractivity contribution in [1.29, 1.82) is 0 Å². The number of nitrogens with zero attached hydrogens (tertiary/aromatic N) is 2. The topological polar surface area (TPSA) is 134 Å². The molecular weight excluding hydrogens is 394 g/mol. The van der Waals surface area contributed by atoms with Crippen molar-refractivity contribution in [1.82, 2.24) is 5.32 Å². The van der Waals surface area contributed by atoms with E-state index in [1.807, 2.05) is 0 Å². The van der Waals surface area contributed by atoms with Crippen molar-refractivity contribution in [3.05, 3.63) is 66.7 Å². The van der Waals surface area contributed by atoms with Crippen LogP contribution in [-0.2, 0) is 6.42 Å². The summed E-state index contributed by atoms with van der Waals surface area (Å²) in [5.74, 6) is -0.00415. The van der Waals surface area contributed by atoms with Crippen LogP contribution in [0.5, 0.6) is 11.5 Å². The number of carbonyl (C=O) groups is 1. The van der Waals surface area contributed by atoms with E-state index in [0.717, 1.165) is 6.07 Å². The second-order valence-electron chi connectivity index (χ2n) is 5.52. The second kappa shape index (κ2) is 9.00. The van der Waals surface area contributed by atoms with E-state index < -0.39 is 15.8 Å². The fraction of sp³-hybridized carbons (Fsp3) is 0.235. The zero-order valence-electron chi connectivity index (χ0n) is 14.9. The molecule has 1 N–H and O–H groups in total. The van der Waals surface area contributed by atoms with Crippen LogP contribution in [0.15, 0.2) is 30.3 Å². The highest BCUT2D eigenvalue weighted by Crippen LogP contribution is 2.34. The number of nitro groups is 2. The van der Waals surface area contributed by atoms with Gasteiger partial charge in [-0.15, -0.1) is 0 Å². The smallest absolute Gasteiger partial charge is 0.276 e. The number of benzene rings is 2. The first-order chi connectivity index (χ1) is 13.3. The number of nitrogens with one attached hydrogen (secondary N) is 1. The SMILES string of the molecule is COc1cc(CCNC(=O)c2ccc([N+](=O)[O-])cc2Cl)c([N+](=O)[O-])cc1OC. The van der Waals surface area contributed by atoms with Gasteiger partial charge in [0, 0.05) is 24.2 Å². The molecule has 10 nitrogen and oxygen atoms in total. The van der Waals surface area contributed by atoms with Crippen LogP contribution in [0, 0.1) is 20.2 Å². The molecule has 0 unspecified atom stereocenters. The average Bonchev–Trinajstić information content (AvgIpc) is 2.66. The van der Waals surface area contributed by atoms with Gasteiger partial charge in [0.05, 0.1) is 40.7 Å². The molecule has 0 heterocycles. The van der Waals surface area contributed by atoms with Gasteiger partial charge in [-0.2, -0.15) is 0 Å². The Labute approximate surface area is 164 Å². The number of carbonyl (C=O) groups excluding carboxylic acids is 1. The summed E-state index contributed by atoms with van der Waals surface area (Å²) in [6.07, 6.45) is 0.146. The van der Waals surface area contributed by atoms with Gasteiger partial charge in [0.2, 0.25) is 0 Å². The molecule has 2 aromatic carbocycles. The zero-order chi connectivity index (χ0) is 20.8. The summed E-state index contributed by atoms with van der Waals surface area (Å²) in [7, 11) is 2.78. The van der Waals surface area contributed by atoms with Gasteiger partial charge in [-0.05, 0) is 18.6 Å². The van der Waals surface area contributed by atoms with Crippen LogP contribution < -0.4 is 14.8 Å². The van der Waals surface area contributed by atoms with Gasteiger partial charge in [0.1, 0.15) is 0 Å². The Kier molecular flexibility index (Phi) is 6.72. The second-order valence-corrected chi connectivity index (χ2v) is 5.93. The molecule has 1 amide bonds. The first-order valence-electron chi connectivity index (χ1n) is 7.90. The number of amides is 1. The predicted octanol–water partition coefficient (Wildman–Crippen LogP) is 3.15. The summed E-state index contributed by atoms with van der Waals surface area (Å²) in [5, 5.41) is 24.5. The molecule has 0 aliphatic heterocycles. The quantitative estimate of drug-likeness (QED) is 0.522. The Bertz CT molecular complexity index is 933. The molecule has 0 aliphatic rings. The molecule has 0 aromatic heterocycles. The van der Waals surface area contributed by atoms with E-state index in [1.165, 1.54) is 38.5 Å². The molecule has 0 fully saturated rings. The monoisotopic (exact) mass is 409 g/mol. The molecular formula is C17H16ClN3O7. The number of nitro benzene ring substituents is 2. The molecule has 0 radical (unpaired) electrons. The summed E-state index contributed by atoms with van der Waals surface area (Å²) in [4.78, 5) is 33.1. The number of methoxy groups -OCH3 is 2. The first kappa shape index (κ1) is 20.9. The summed E-state index contributed by atoms with van der Waals surface area (Å²) >= 11 is 5.92. The van der Waals surface area contributed by atoms with Gasteiger partial charge in [-0.3, -0.25) is 25.0 Å². The van der Waals surface area contributed by atoms with Crippen molar-refractivity contribution in [3.63, 3.8) is 0 Å². The van der Waals surface area contributed by atoms with Crippen LogP contribution in [0.1, 0.15) is 15.9 Å². The highest BCUT2D eigenvalue weighted by atomic mass is 35.5. The third kappa shape index (κ3) is 4.65. The van der Waals surface area contributed by atoms with E-state index in [-0.39, 0.29) is 40.7 Å². The Morgan fingerprint density at radius 3 is 2.25 bits per heavy atom. The maximum atomic E-state index is 12.2. The van der Waals surface area contributed by atoms with E-state index >= 15 is 0 Å². The van der Waals surface area contributed by atoms with Gasteiger partial charge in [-0.1, -0.05) is 11.6 Å². The molecule has 2 rings (SSSR count). The summed E-state index contributed by atoms with van der Waals surface area (Å²) in [6.45, 7) is 0.0719. The van der Waals surface area contributed by atoms with E-state index in [9.17, 15) is 25.0 Å². The number of halogens is 1. The number of non-ortho nitro benzene ring substituents is 1. The lowest BCUT2D eigenvalue weighted by Gasteiger charge is -2.11. The third-order valence-corrected chi connectivity index (χ3v) is 4.18. The minimum atomic E-state index is -0.621. The molecule has 0 aliphatic carbocycles. The molecule has 0 spiro atoms. The average molecular weight is 410 g/mol. The van der Waals surface area contributed by atoms with Gasteiger partial charge in [0.15, 0.2) is 11.5 Å². The number of hydrogen-bond donors (Lipinski definition) is 1. The van der Waals surface area contributed by atoms with Gasteiger partial charge < -0.3 is 14.8 Å². The van der Waals surface area contributed by atoms with Crippen LogP contribution in [0.4, 0.5) is 11.4 Å². The van der Waals surface area contributed by atoms with Crippen molar-refractivity contribution >= 4 is 28.9 Å². The number of rotatable bonds is 8. The predicted molar refractivity (Wildman–Crippen MR) is 100 cm³/mol. The van der Waals surface area contributed by atoms with Crippen molar-refractivity contribution in [2.45, 2.75) is 6.42 Å². The molecule has 11 heteroatoms. The molecule has 2 aromatic rings. The van der Waals surface area contributed by atoms with Crippen LogP contribution in [0.2, 0.25) is 5.02 Å². The summed E-state index contributed by atoms with van der Waals surface area (Å²) in [6, 6.07) is 6.22. The highest BCUT2D eigenvalue weighted by molar-refractivity contribution is 6.34. The van der Waals surface area contributed by atoms with Crippen molar-refractivity contribution in [3.8, 4) is 11.5 Å². The van der Waals surface area contributed by atoms with Gasteiger partial charge in [-0.25, -0.2) is 0 Å². The van der Waals surface area contributed by atoms with Gasteiger partial charge >= 0.3 is 0 Å². The fourth-order valence-corrected chi connectivity index (χ4v) is 2.75. The number of ether oxygens (including phenoxy) is 2. The lowest BCUT2D eigenvalue weighted by Crippen LogP contribution is -2.26. The van der Waals surface area contributed by atoms with Crippen LogP contribution in [0.25, 0.3) is 0 Å². The minimum absolute atomic E-state index is 0.0640. The van der Waals surface area contributed by atoms with E-state index in [2.05, 4.69) is 5.32 Å². The minimum Gasteiger partial charge on any atom is -0.493 e. The molecule has 0 saturated carbocycles. The zero-order valence-corrected chi connectivity index (χ0v) is 15.7. The molecule has 0 saturated heterocycles. The first-order valence-corrected chi connectivity index (χ1v) is 8.27. The third-order valence-electron chi connectivity index (χ3n) is 3.87. The fourth-order valence-electron chi connectivity index (χ4n) is 2.49. The Hall–Kier alpha value is -3.40. The van der Waals surface area contributed by atoms with Crippen molar-refractivity contribution in [2.24, 2.45) is 0 Å². The Morgan fingerprint density at radius 2 is 1.71 bits per heavy atom. The Balaban J connectivity index is 2.13. The highest BCUT2D eigenvalue weighted by Gasteiger charge is 2.20. The lowest BCUT2D eigenvalue weighted by molar-refractivity contribution is -0.385. The normalized spacial score (nSPS) is 10.2. The van der Waals surface area contributed by atoms with Crippen molar-refractivity contribution < 1.29 is 24.1 Å². The largest absolute Gasteiger partial charge is 0.493 e. The van der Waals surface area contributed by atoms with Gasteiger partial charge in [0.25, 0.3) is 17.3 Å². The lowest BCUT2D eigenvalue weighted by atomic mass is 10.1. The van der Waals surface area contributed by atoms with E-state index in [0.29, 0.717) is 11.3 Å². The summed E-state index contributed by atoms with van der Waals surface area (Å²) < 4.78 is 10.2. The van der Waals surface area contributed by atoms with Crippen molar-refractivity contribution in [2.75, 3.05) is 20.8 Å². The number of hydrogen-bond acceptors (Lipinski definition) is 7. The van der Waals surface area contributed by atoms with Crippen LogP contribution in [0.3, 0.4) is 0 Å². The molecule has 0 bridgehead atoms. The Morgan fingerprint density at radius 1 is 1.07 bits per heavy atom. The summed E-state index contributed by atoms with van der Waals surface area (Å²) in [5.41, 5.74) is 0.00888. The maximum absolute atomic E-state index is 12.2. The maximum Gasteiger partial charge on any atom is 0.276 e. The van der Waals surface area contributed by atoms with E-state index in [4.69, 9.17) is 21.1 Å². The van der Waals surface area contributed by atoms with Crippen LogP contribution in [-0.4, -0.2) is 36.5 Å². The van der Waals surface area contributed by atoms with E-state index in [1.54, 1.807) is 0 Å². The molecule has 0 atom stereocenters.